The van der Waals surface area contributed by atoms with Crippen molar-refractivity contribution in [1.29, 1.82) is 0 Å². The molecule has 0 radical (unpaired) electrons. The molecule has 0 unspecified atom stereocenters. The highest BCUT2D eigenvalue weighted by Gasteiger charge is 2.21. The molecule has 0 aliphatic carbocycles. The second kappa shape index (κ2) is 5.61. The maximum absolute atomic E-state index is 13.4. The Kier molecular flexibility index (Phi) is 3.89. The Labute approximate surface area is 114 Å². The van der Waals surface area contributed by atoms with E-state index in [1.807, 2.05) is 0 Å². The molecular weight excluding hydrogens is 264 g/mol. The minimum atomic E-state index is -1.12. The molecule has 5 heteroatoms. The average Bonchev–Trinajstić information content (AvgIpc) is 2.43. The van der Waals surface area contributed by atoms with Crippen molar-refractivity contribution < 1.29 is 18.4 Å². The van der Waals surface area contributed by atoms with Crippen molar-refractivity contribution in [3.63, 3.8) is 0 Å². The van der Waals surface area contributed by atoms with Gasteiger partial charge < -0.3 is 5.32 Å². The van der Waals surface area contributed by atoms with Crippen LogP contribution in [0.15, 0.2) is 42.5 Å². The van der Waals surface area contributed by atoms with Gasteiger partial charge in [0.25, 0.3) is 11.7 Å². The first-order chi connectivity index (χ1) is 9.49. The predicted molar refractivity (Wildman–Crippen MR) is 70.5 cm³/mol. The van der Waals surface area contributed by atoms with Crippen LogP contribution in [0.2, 0.25) is 0 Å². The van der Waals surface area contributed by atoms with Crippen molar-refractivity contribution in [3.8, 4) is 0 Å². The highest BCUT2D eigenvalue weighted by molar-refractivity contribution is 6.46. The summed E-state index contributed by atoms with van der Waals surface area (Å²) in [6.07, 6.45) is 0. The molecule has 0 aliphatic heterocycles. The van der Waals surface area contributed by atoms with Crippen molar-refractivity contribution in [1.82, 2.24) is 0 Å². The first-order valence-corrected chi connectivity index (χ1v) is 5.85. The second-order valence-electron chi connectivity index (χ2n) is 4.22. The number of benzene rings is 2. The quantitative estimate of drug-likeness (QED) is 0.691. The highest BCUT2D eigenvalue weighted by atomic mass is 19.1. The normalized spacial score (nSPS) is 10.2. The van der Waals surface area contributed by atoms with E-state index >= 15 is 0 Å². The van der Waals surface area contributed by atoms with Crippen molar-refractivity contribution in [2.75, 3.05) is 5.32 Å². The summed E-state index contributed by atoms with van der Waals surface area (Å²) in [5.74, 6) is -3.84. The first kappa shape index (κ1) is 13.9. The lowest BCUT2D eigenvalue weighted by Gasteiger charge is -2.07. The van der Waals surface area contributed by atoms with Crippen LogP contribution in [0.5, 0.6) is 0 Å². The van der Waals surface area contributed by atoms with Gasteiger partial charge >= 0.3 is 0 Å². The van der Waals surface area contributed by atoms with E-state index in [4.69, 9.17) is 0 Å². The summed E-state index contributed by atoms with van der Waals surface area (Å²) in [6, 6.07) is 9.23. The van der Waals surface area contributed by atoms with Gasteiger partial charge in [-0.1, -0.05) is 18.2 Å². The van der Waals surface area contributed by atoms with E-state index in [9.17, 15) is 18.4 Å². The number of amides is 1. The molecule has 0 aromatic heterocycles. The highest BCUT2D eigenvalue weighted by Crippen LogP contribution is 2.15. The largest absolute Gasteiger partial charge is 0.319 e. The van der Waals surface area contributed by atoms with Crippen LogP contribution >= 0.6 is 0 Å². The summed E-state index contributed by atoms with van der Waals surface area (Å²) in [6.45, 7) is 1.75. The number of carbonyl (C=O) groups is 2. The van der Waals surface area contributed by atoms with Crippen LogP contribution in [0.1, 0.15) is 15.9 Å². The predicted octanol–water partition coefficient (Wildman–Crippen LogP) is 3.09. The maximum Gasteiger partial charge on any atom is 0.296 e. The molecule has 0 heterocycles. The number of rotatable bonds is 3. The van der Waals surface area contributed by atoms with Gasteiger partial charge in [-0.25, -0.2) is 8.78 Å². The number of para-hydroxylation sites is 1. The van der Waals surface area contributed by atoms with Gasteiger partial charge in [0.15, 0.2) is 0 Å². The standard InChI is InChI=1S/C15H11F2NO2/c1-9-4-2-3-5-13(9)18-15(20)14(19)11-8-10(16)6-7-12(11)17/h2-8H,1H3,(H,18,20). The monoisotopic (exact) mass is 275 g/mol. The molecule has 0 spiro atoms. The maximum atomic E-state index is 13.4. The lowest BCUT2D eigenvalue weighted by Crippen LogP contribution is -2.24. The molecule has 1 amide bonds. The molecule has 0 saturated heterocycles. The number of halogens is 2. The van der Waals surface area contributed by atoms with Crippen molar-refractivity contribution in [2.24, 2.45) is 0 Å². The van der Waals surface area contributed by atoms with E-state index in [1.54, 1.807) is 31.2 Å². The smallest absolute Gasteiger partial charge is 0.296 e. The Balaban J connectivity index is 2.23. The number of Topliss-reactive ketones (excluding diaryl/α,β-unsaturated/α-hetero) is 1. The number of carbonyl (C=O) groups excluding carboxylic acids is 2. The van der Waals surface area contributed by atoms with Crippen molar-refractivity contribution in [2.45, 2.75) is 6.92 Å². The number of nitrogens with one attached hydrogen (secondary N) is 1. The van der Waals surface area contributed by atoms with Crippen molar-refractivity contribution in [3.05, 3.63) is 65.2 Å². The number of ketones is 1. The molecule has 102 valence electrons. The van der Waals surface area contributed by atoms with Crippen LogP contribution < -0.4 is 5.32 Å². The summed E-state index contributed by atoms with van der Waals surface area (Å²) in [5, 5.41) is 2.38. The van der Waals surface area contributed by atoms with Gasteiger partial charge in [0.2, 0.25) is 0 Å². The van der Waals surface area contributed by atoms with Crippen molar-refractivity contribution >= 4 is 17.4 Å². The molecule has 2 rings (SSSR count). The molecule has 2 aromatic carbocycles. The van der Waals surface area contributed by atoms with Crippen LogP contribution in [0.4, 0.5) is 14.5 Å². The molecular formula is C15H11F2NO2. The van der Waals surface area contributed by atoms with Gasteiger partial charge in [0, 0.05) is 5.69 Å². The van der Waals surface area contributed by atoms with Gasteiger partial charge in [-0.05, 0) is 36.8 Å². The summed E-state index contributed by atoms with van der Waals surface area (Å²) in [4.78, 5) is 23.6. The fourth-order valence-corrected chi connectivity index (χ4v) is 1.69. The summed E-state index contributed by atoms with van der Waals surface area (Å²) in [5.41, 5.74) is 0.618. The Bertz CT molecular complexity index is 683. The van der Waals surface area contributed by atoms with E-state index in [2.05, 4.69) is 5.32 Å². The zero-order valence-electron chi connectivity index (χ0n) is 10.6. The molecule has 3 nitrogen and oxygen atoms in total. The number of aryl methyl sites for hydroxylation is 1. The van der Waals surface area contributed by atoms with Crippen LogP contribution in [-0.2, 0) is 4.79 Å². The fraction of sp³-hybridized carbons (Fsp3) is 0.0667. The Morgan fingerprint density at radius 1 is 1.05 bits per heavy atom. The SMILES string of the molecule is Cc1ccccc1NC(=O)C(=O)c1cc(F)ccc1F. The lowest BCUT2D eigenvalue weighted by atomic mass is 10.1. The summed E-state index contributed by atoms with van der Waals surface area (Å²) >= 11 is 0. The Morgan fingerprint density at radius 3 is 2.45 bits per heavy atom. The van der Waals surface area contributed by atoms with Gasteiger partial charge in [0.05, 0.1) is 5.56 Å². The van der Waals surface area contributed by atoms with Gasteiger partial charge in [0.1, 0.15) is 11.6 Å². The fourth-order valence-electron chi connectivity index (χ4n) is 1.69. The Morgan fingerprint density at radius 2 is 1.75 bits per heavy atom. The van der Waals surface area contributed by atoms with Gasteiger partial charge in [-0.2, -0.15) is 0 Å². The average molecular weight is 275 g/mol. The first-order valence-electron chi connectivity index (χ1n) is 5.85. The third kappa shape index (κ3) is 2.88. The Hall–Kier alpha value is -2.56. The van der Waals surface area contributed by atoms with Crippen LogP contribution in [0, 0.1) is 18.6 Å². The van der Waals surface area contributed by atoms with E-state index in [-0.39, 0.29) is 0 Å². The third-order valence-electron chi connectivity index (χ3n) is 2.77. The molecule has 20 heavy (non-hydrogen) atoms. The lowest BCUT2D eigenvalue weighted by molar-refractivity contribution is -0.112. The molecule has 1 N–H and O–H groups in total. The topological polar surface area (TPSA) is 46.2 Å². The minimum absolute atomic E-state index is 0.447. The number of anilines is 1. The summed E-state index contributed by atoms with van der Waals surface area (Å²) in [7, 11) is 0. The van der Waals surface area contributed by atoms with E-state index in [0.717, 1.165) is 17.7 Å². The zero-order valence-corrected chi connectivity index (χ0v) is 10.6. The molecule has 2 aromatic rings. The van der Waals surface area contributed by atoms with Crippen LogP contribution in [0.3, 0.4) is 0 Å². The van der Waals surface area contributed by atoms with Gasteiger partial charge in [-0.15, -0.1) is 0 Å². The second-order valence-corrected chi connectivity index (χ2v) is 4.22. The number of hydrogen-bond donors (Lipinski definition) is 1. The number of hydrogen-bond acceptors (Lipinski definition) is 2. The van der Waals surface area contributed by atoms with E-state index in [0.29, 0.717) is 11.8 Å². The van der Waals surface area contributed by atoms with E-state index < -0.39 is 28.9 Å². The minimum Gasteiger partial charge on any atom is -0.319 e. The molecule has 0 saturated carbocycles. The van der Waals surface area contributed by atoms with E-state index in [1.165, 1.54) is 0 Å². The third-order valence-corrected chi connectivity index (χ3v) is 2.77. The summed E-state index contributed by atoms with van der Waals surface area (Å²) < 4.78 is 26.4. The molecule has 0 fully saturated rings. The molecule has 0 bridgehead atoms. The molecule has 0 atom stereocenters. The molecule has 0 aliphatic rings. The van der Waals surface area contributed by atoms with Gasteiger partial charge in [-0.3, -0.25) is 9.59 Å². The van der Waals surface area contributed by atoms with Crippen LogP contribution in [-0.4, -0.2) is 11.7 Å². The van der Waals surface area contributed by atoms with Crippen LogP contribution in [0.25, 0.3) is 0 Å². The zero-order chi connectivity index (χ0) is 14.7.